The van der Waals surface area contributed by atoms with E-state index >= 15 is 0 Å². The minimum Gasteiger partial charge on any atom is -0.271 e. The van der Waals surface area contributed by atoms with E-state index in [2.05, 4.69) is 30.8 Å². The number of aromatic nitrogens is 4. The second-order valence-corrected chi connectivity index (χ2v) is 8.71. The van der Waals surface area contributed by atoms with Crippen molar-refractivity contribution in [3.63, 3.8) is 0 Å². The summed E-state index contributed by atoms with van der Waals surface area (Å²) in [7, 11) is -2.06. The molecular formula is C17H20BrN5O2S. The lowest BCUT2D eigenvalue weighted by Crippen LogP contribution is -2.16. The predicted octanol–water partition coefficient (Wildman–Crippen LogP) is 3.15. The van der Waals surface area contributed by atoms with Crippen LogP contribution in [0.15, 0.2) is 39.8 Å². The van der Waals surface area contributed by atoms with E-state index in [1.165, 1.54) is 5.56 Å². The Kier molecular flexibility index (Phi) is 4.94. The van der Waals surface area contributed by atoms with Crippen LogP contribution in [0.1, 0.15) is 22.5 Å². The van der Waals surface area contributed by atoms with Crippen LogP contribution in [0.2, 0.25) is 0 Å². The third-order valence-corrected chi connectivity index (χ3v) is 6.30. The van der Waals surface area contributed by atoms with Gasteiger partial charge in [0, 0.05) is 13.2 Å². The summed E-state index contributed by atoms with van der Waals surface area (Å²) in [6.45, 7) is 5.97. The van der Waals surface area contributed by atoms with Crippen LogP contribution < -0.4 is 4.72 Å². The molecule has 9 heteroatoms. The molecule has 3 aromatic rings. The fourth-order valence-electron chi connectivity index (χ4n) is 2.75. The second kappa shape index (κ2) is 6.88. The predicted molar refractivity (Wildman–Crippen MR) is 104 cm³/mol. The molecule has 0 saturated heterocycles. The van der Waals surface area contributed by atoms with Gasteiger partial charge in [-0.1, -0.05) is 29.8 Å². The van der Waals surface area contributed by atoms with Gasteiger partial charge in [0.25, 0.3) is 10.0 Å². The van der Waals surface area contributed by atoms with Crippen LogP contribution in [0.4, 0.5) is 5.82 Å². The number of hydrogen-bond acceptors (Lipinski definition) is 4. The summed E-state index contributed by atoms with van der Waals surface area (Å²) < 4.78 is 31.9. The zero-order chi connectivity index (χ0) is 19.1. The zero-order valence-electron chi connectivity index (χ0n) is 15.0. The minimum absolute atomic E-state index is 0.181. The number of sulfonamides is 1. The summed E-state index contributed by atoms with van der Waals surface area (Å²) in [5.74, 6) is 0.250. The molecule has 138 valence electrons. The molecule has 0 fully saturated rings. The van der Waals surface area contributed by atoms with E-state index in [9.17, 15) is 8.42 Å². The molecule has 0 unspecified atom stereocenters. The van der Waals surface area contributed by atoms with Gasteiger partial charge >= 0.3 is 0 Å². The van der Waals surface area contributed by atoms with Crippen molar-refractivity contribution in [2.75, 3.05) is 4.72 Å². The van der Waals surface area contributed by atoms with Crippen LogP contribution in [-0.2, 0) is 23.6 Å². The summed E-state index contributed by atoms with van der Waals surface area (Å²) in [6, 6.07) is 8.12. The summed E-state index contributed by atoms with van der Waals surface area (Å²) in [5, 5.41) is 8.53. The van der Waals surface area contributed by atoms with Crippen molar-refractivity contribution in [2.24, 2.45) is 7.05 Å². The number of anilines is 1. The summed E-state index contributed by atoms with van der Waals surface area (Å²) >= 11 is 3.38. The van der Waals surface area contributed by atoms with Gasteiger partial charge in [-0.05, 0) is 42.3 Å². The first-order chi connectivity index (χ1) is 12.2. The quantitative estimate of drug-likeness (QED) is 0.664. The number of nitrogens with zero attached hydrogens (tertiary/aromatic N) is 4. The Labute approximate surface area is 161 Å². The van der Waals surface area contributed by atoms with Gasteiger partial charge in [-0.3, -0.25) is 14.1 Å². The van der Waals surface area contributed by atoms with Gasteiger partial charge in [0.1, 0.15) is 4.90 Å². The first kappa shape index (κ1) is 18.7. The van der Waals surface area contributed by atoms with Crippen molar-refractivity contribution in [3.8, 4) is 0 Å². The van der Waals surface area contributed by atoms with E-state index in [0.717, 1.165) is 5.56 Å². The van der Waals surface area contributed by atoms with Crippen molar-refractivity contribution < 1.29 is 8.42 Å². The molecule has 0 bridgehead atoms. The van der Waals surface area contributed by atoms with Gasteiger partial charge in [-0.15, -0.1) is 0 Å². The molecule has 0 amide bonds. The molecule has 26 heavy (non-hydrogen) atoms. The number of rotatable bonds is 5. The summed E-state index contributed by atoms with van der Waals surface area (Å²) in [4.78, 5) is 0.181. The highest BCUT2D eigenvalue weighted by Gasteiger charge is 2.25. The third kappa shape index (κ3) is 3.68. The van der Waals surface area contributed by atoms with Crippen LogP contribution in [0.5, 0.6) is 0 Å². The molecule has 0 atom stereocenters. The molecule has 1 aromatic carbocycles. The zero-order valence-corrected chi connectivity index (χ0v) is 17.4. The Morgan fingerprint density at radius 1 is 1.12 bits per heavy atom. The van der Waals surface area contributed by atoms with Crippen molar-refractivity contribution in [2.45, 2.75) is 32.2 Å². The maximum atomic E-state index is 12.8. The number of benzene rings is 1. The lowest BCUT2D eigenvalue weighted by atomic mass is 10.1. The van der Waals surface area contributed by atoms with E-state index in [1.807, 2.05) is 31.2 Å². The lowest BCUT2D eigenvalue weighted by molar-refractivity contribution is 0.599. The summed E-state index contributed by atoms with van der Waals surface area (Å²) in [6.07, 6.45) is 1.75. The van der Waals surface area contributed by atoms with Crippen molar-refractivity contribution in [1.29, 1.82) is 0 Å². The molecule has 0 aliphatic carbocycles. The molecule has 3 rings (SSSR count). The Bertz CT molecular complexity index is 1050. The highest BCUT2D eigenvalue weighted by Crippen LogP contribution is 2.26. The van der Waals surface area contributed by atoms with Crippen LogP contribution in [0, 0.1) is 20.8 Å². The fraction of sp³-hybridized carbons (Fsp3) is 0.294. The number of halogens is 1. The normalized spacial score (nSPS) is 11.7. The van der Waals surface area contributed by atoms with Crippen molar-refractivity contribution >= 4 is 31.8 Å². The van der Waals surface area contributed by atoms with Gasteiger partial charge in [0.05, 0.1) is 22.4 Å². The number of nitrogens with one attached hydrogen (secondary N) is 1. The molecule has 0 saturated carbocycles. The van der Waals surface area contributed by atoms with Gasteiger partial charge in [-0.25, -0.2) is 8.42 Å². The third-order valence-electron chi connectivity index (χ3n) is 4.12. The monoisotopic (exact) mass is 437 g/mol. The van der Waals surface area contributed by atoms with Crippen LogP contribution in [0.25, 0.3) is 0 Å². The summed E-state index contributed by atoms with van der Waals surface area (Å²) in [5.41, 5.74) is 3.29. The molecule has 0 aliphatic heterocycles. The Morgan fingerprint density at radius 3 is 2.35 bits per heavy atom. The molecule has 0 spiro atoms. The molecule has 0 radical (unpaired) electrons. The highest BCUT2D eigenvalue weighted by atomic mass is 79.9. The van der Waals surface area contributed by atoms with Gasteiger partial charge in [-0.2, -0.15) is 10.2 Å². The van der Waals surface area contributed by atoms with Crippen molar-refractivity contribution in [1.82, 2.24) is 19.6 Å². The van der Waals surface area contributed by atoms with E-state index in [4.69, 9.17) is 0 Å². The van der Waals surface area contributed by atoms with Gasteiger partial charge in [0.15, 0.2) is 5.82 Å². The number of aryl methyl sites for hydroxylation is 3. The second-order valence-electron chi connectivity index (χ2n) is 6.24. The first-order valence-electron chi connectivity index (χ1n) is 7.99. The van der Waals surface area contributed by atoms with Gasteiger partial charge in [0.2, 0.25) is 0 Å². The molecule has 2 heterocycles. The van der Waals surface area contributed by atoms with E-state index < -0.39 is 10.0 Å². The van der Waals surface area contributed by atoms with Crippen molar-refractivity contribution in [3.05, 3.63) is 57.4 Å². The smallest absolute Gasteiger partial charge is 0.266 e. The molecule has 1 N–H and O–H groups in total. The van der Waals surface area contributed by atoms with Crippen LogP contribution in [-0.4, -0.2) is 28.0 Å². The topological polar surface area (TPSA) is 81.8 Å². The highest BCUT2D eigenvalue weighted by molar-refractivity contribution is 9.10. The molecule has 7 nitrogen and oxygen atoms in total. The Morgan fingerprint density at radius 2 is 1.77 bits per heavy atom. The molecule has 2 aromatic heterocycles. The van der Waals surface area contributed by atoms with Crippen LogP contribution in [0.3, 0.4) is 0 Å². The van der Waals surface area contributed by atoms with E-state index in [-0.39, 0.29) is 10.7 Å². The minimum atomic E-state index is -3.78. The Hall–Kier alpha value is -2.13. The maximum absolute atomic E-state index is 12.8. The number of hydrogen-bond donors (Lipinski definition) is 1. The molecule has 0 aliphatic rings. The molecular weight excluding hydrogens is 418 g/mol. The first-order valence-corrected chi connectivity index (χ1v) is 10.3. The lowest BCUT2D eigenvalue weighted by Gasteiger charge is -2.07. The van der Waals surface area contributed by atoms with Gasteiger partial charge < -0.3 is 0 Å². The largest absolute Gasteiger partial charge is 0.271 e. The average molecular weight is 438 g/mol. The Balaban J connectivity index is 1.86. The fourth-order valence-corrected chi connectivity index (χ4v) is 4.75. The van der Waals surface area contributed by atoms with E-state index in [0.29, 0.717) is 22.4 Å². The standard InChI is InChI=1S/C17H20BrN5O2S/c1-11-5-7-14(8-6-11)9-23-10-15(18)17(20-23)21-26(24,25)16-12(2)19-22(4)13(16)3/h5-8,10H,9H2,1-4H3,(H,20,21). The SMILES string of the molecule is Cc1ccc(Cn2cc(Br)c(NS(=O)(=O)c3c(C)nn(C)c3C)n2)cc1. The maximum Gasteiger partial charge on any atom is 0.266 e. The van der Waals surface area contributed by atoms with E-state index in [1.54, 1.807) is 36.5 Å². The van der Waals surface area contributed by atoms with Crippen LogP contribution >= 0.6 is 15.9 Å². The average Bonchev–Trinajstić information content (AvgIpc) is 3.00.